The summed E-state index contributed by atoms with van der Waals surface area (Å²) in [7, 11) is 1.80. The van der Waals surface area contributed by atoms with Gasteiger partial charge in [0.1, 0.15) is 11.4 Å². The standard InChI is InChI=1S/C20H31N5O3S2/c1-20(2,3)28-19(26)25-10-8-24(9-11-25)16-7-12-27-17-13-14(5-6-15(16)17)29-23-18(21)30-22-4/h5-6,13,16,22H,7-12H2,1-4H3,(H2,21,23). The average molecular weight is 454 g/mol. The SMILES string of the molecule is CNS/C(N)=N\Sc1ccc2c(c1)OCCC2N1CCN(C(=O)OC(C)(C)C)CC1. The second-order valence-corrected chi connectivity index (χ2v) is 10.1. The van der Waals surface area contributed by atoms with Crippen LogP contribution >= 0.6 is 23.9 Å². The summed E-state index contributed by atoms with van der Waals surface area (Å²) < 4.78 is 18.6. The van der Waals surface area contributed by atoms with Gasteiger partial charge >= 0.3 is 6.09 Å². The van der Waals surface area contributed by atoms with E-state index in [0.29, 0.717) is 30.9 Å². The van der Waals surface area contributed by atoms with Crippen LogP contribution in [0.3, 0.4) is 0 Å². The maximum absolute atomic E-state index is 12.3. The van der Waals surface area contributed by atoms with Crippen molar-refractivity contribution in [1.82, 2.24) is 14.5 Å². The lowest BCUT2D eigenvalue weighted by molar-refractivity contribution is 0.00777. The molecule has 0 spiro atoms. The smallest absolute Gasteiger partial charge is 0.410 e. The quantitative estimate of drug-likeness (QED) is 0.408. The van der Waals surface area contributed by atoms with Gasteiger partial charge in [0.25, 0.3) is 0 Å². The van der Waals surface area contributed by atoms with Gasteiger partial charge in [-0.05, 0) is 51.9 Å². The van der Waals surface area contributed by atoms with Crippen LogP contribution in [0.5, 0.6) is 5.75 Å². The molecule has 1 atom stereocenters. The van der Waals surface area contributed by atoms with Crippen molar-refractivity contribution in [2.45, 2.75) is 43.7 Å². The number of piperazine rings is 1. The van der Waals surface area contributed by atoms with E-state index in [4.69, 9.17) is 15.2 Å². The number of carbonyl (C=O) groups is 1. The van der Waals surface area contributed by atoms with Crippen LogP contribution in [0.15, 0.2) is 27.5 Å². The molecule has 3 rings (SSSR count). The molecule has 166 valence electrons. The lowest BCUT2D eigenvalue weighted by atomic mass is 9.98. The molecule has 2 aliphatic heterocycles. The van der Waals surface area contributed by atoms with Gasteiger partial charge in [-0.15, -0.1) is 0 Å². The van der Waals surface area contributed by atoms with Gasteiger partial charge in [0.2, 0.25) is 0 Å². The molecule has 30 heavy (non-hydrogen) atoms. The first-order valence-corrected chi connectivity index (χ1v) is 11.7. The number of nitrogens with zero attached hydrogens (tertiary/aromatic N) is 3. The van der Waals surface area contributed by atoms with Crippen molar-refractivity contribution in [2.75, 3.05) is 39.8 Å². The van der Waals surface area contributed by atoms with E-state index in [-0.39, 0.29) is 6.09 Å². The number of carbonyl (C=O) groups excluding carboxylic acids is 1. The van der Waals surface area contributed by atoms with Gasteiger partial charge in [-0.25, -0.2) is 4.79 Å². The first kappa shape index (κ1) is 23.1. The molecule has 0 aromatic heterocycles. The fourth-order valence-corrected chi connectivity index (χ4v) is 4.50. The molecule has 0 saturated carbocycles. The highest BCUT2D eigenvalue weighted by molar-refractivity contribution is 8.13. The molecule has 8 nitrogen and oxygen atoms in total. The van der Waals surface area contributed by atoms with Crippen LogP contribution in [0, 0.1) is 0 Å². The molecule has 0 bridgehead atoms. The number of amidine groups is 1. The Morgan fingerprint density at radius 3 is 2.70 bits per heavy atom. The summed E-state index contributed by atoms with van der Waals surface area (Å²) in [6.07, 6.45) is 0.711. The molecular formula is C20H31N5O3S2. The molecule has 3 N–H and O–H groups in total. The molecule has 0 aliphatic carbocycles. The van der Waals surface area contributed by atoms with Crippen molar-refractivity contribution in [1.29, 1.82) is 0 Å². The minimum Gasteiger partial charge on any atom is -0.493 e. The van der Waals surface area contributed by atoms with Crippen molar-refractivity contribution < 1.29 is 14.3 Å². The molecule has 1 aromatic rings. The van der Waals surface area contributed by atoms with Gasteiger partial charge in [-0.3, -0.25) is 9.62 Å². The van der Waals surface area contributed by atoms with Crippen LogP contribution in [0.1, 0.15) is 38.8 Å². The Bertz CT molecular complexity index is 776. The first-order valence-electron chi connectivity index (χ1n) is 10.1. The van der Waals surface area contributed by atoms with Gasteiger partial charge in [0.05, 0.1) is 6.61 Å². The minimum atomic E-state index is -0.468. The second-order valence-electron chi connectivity index (χ2n) is 8.18. The molecule has 10 heteroatoms. The van der Waals surface area contributed by atoms with Gasteiger partial charge in [0.15, 0.2) is 5.17 Å². The highest BCUT2D eigenvalue weighted by Crippen LogP contribution is 2.39. The number of fused-ring (bicyclic) bond motifs is 1. The molecule has 2 heterocycles. The maximum Gasteiger partial charge on any atom is 0.410 e. The van der Waals surface area contributed by atoms with E-state index in [1.165, 1.54) is 29.5 Å². The second kappa shape index (κ2) is 10.1. The topological polar surface area (TPSA) is 92.4 Å². The average Bonchev–Trinajstić information content (AvgIpc) is 2.71. The Balaban J connectivity index is 1.62. The highest BCUT2D eigenvalue weighted by Gasteiger charge is 2.32. The number of nitrogens with one attached hydrogen (secondary N) is 1. The Morgan fingerprint density at radius 2 is 2.03 bits per heavy atom. The van der Waals surface area contributed by atoms with Crippen LogP contribution in [-0.4, -0.2) is 66.5 Å². The zero-order valence-electron chi connectivity index (χ0n) is 18.0. The largest absolute Gasteiger partial charge is 0.493 e. The lowest BCUT2D eigenvalue weighted by Crippen LogP contribution is -2.51. The van der Waals surface area contributed by atoms with E-state index in [9.17, 15) is 4.79 Å². The third-order valence-corrected chi connectivity index (χ3v) is 6.22. The van der Waals surface area contributed by atoms with Crippen LogP contribution in [0.4, 0.5) is 4.79 Å². The third kappa shape index (κ3) is 6.19. The zero-order chi connectivity index (χ0) is 21.7. The predicted octanol–water partition coefficient (Wildman–Crippen LogP) is 3.25. The maximum atomic E-state index is 12.3. The molecule has 1 aromatic carbocycles. The van der Waals surface area contributed by atoms with Crippen molar-refractivity contribution >= 4 is 35.2 Å². The van der Waals surface area contributed by atoms with Crippen LogP contribution in [0.2, 0.25) is 0 Å². The van der Waals surface area contributed by atoms with E-state index >= 15 is 0 Å². The van der Waals surface area contributed by atoms with Crippen LogP contribution in [0.25, 0.3) is 0 Å². The van der Waals surface area contributed by atoms with E-state index < -0.39 is 5.60 Å². The Kier molecular flexibility index (Phi) is 7.78. The highest BCUT2D eigenvalue weighted by atomic mass is 32.2. The Hall–Kier alpha value is -1.62. The summed E-state index contributed by atoms with van der Waals surface area (Å²) in [5.41, 5.74) is 6.53. The fraction of sp³-hybridized carbons (Fsp3) is 0.600. The van der Waals surface area contributed by atoms with Gasteiger partial charge < -0.3 is 20.1 Å². The van der Waals surface area contributed by atoms with Gasteiger partial charge in [-0.2, -0.15) is 4.40 Å². The molecule has 1 amide bonds. The number of nitrogens with two attached hydrogens (primary N) is 1. The molecular weight excluding hydrogens is 422 g/mol. The van der Waals surface area contributed by atoms with E-state index in [2.05, 4.69) is 26.2 Å². The summed E-state index contributed by atoms with van der Waals surface area (Å²) in [5.74, 6) is 0.904. The van der Waals surface area contributed by atoms with Crippen LogP contribution in [-0.2, 0) is 4.74 Å². The molecule has 1 unspecified atom stereocenters. The van der Waals surface area contributed by atoms with Crippen molar-refractivity contribution in [3.8, 4) is 5.75 Å². The van der Waals surface area contributed by atoms with Crippen molar-refractivity contribution in [3.05, 3.63) is 23.8 Å². The summed E-state index contributed by atoms with van der Waals surface area (Å²) >= 11 is 2.62. The zero-order valence-corrected chi connectivity index (χ0v) is 19.6. The summed E-state index contributed by atoms with van der Waals surface area (Å²) in [6, 6.07) is 6.51. The van der Waals surface area contributed by atoms with Crippen molar-refractivity contribution in [3.63, 3.8) is 0 Å². The van der Waals surface area contributed by atoms with Crippen LogP contribution < -0.4 is 15.2 Å². The Morgan fingerprint density at radius 1 is 1.30 bits per heavy atom. The lowest BCUT2D eigenvalue weighted by Gasteiger charge is -2.41. The normalized spacial score (nSPS) is 20.5. The first-order chi connectivity index (χ1) is 14.3. The summed E-state index contributed by atoms with van der Waals surface area (Å²) in [4.78, 5) is 17.5. The number of rotatable bonds is 4. The molecule has 1 fully saturated rings. The number of ether oxygens (including phenoxy) is 2. The molecule has 2 aliphatic rings. The summed E-state index contributed by atoms with van der Waals surface area (Å²) in [6.45, 7) is 9.35. The fourth-order valence-electron chi connectivity index (χ4n) is 3.55. The molecule has 1 saturated heterocycles. The monoisotopic (exact) mass is 453 g/mol. The molecule has 0 radical (unpaired) electrons. The number of amides is 1. The summed E-state index contributed by atoms with van der Waals surface area (Å²) in [5, 5.41) is 0.474. The van der Waals surface area contributed by atoms with Gasteiger partial charge in [-0.1, -0.05) is 6.07 Å². The van der Waals surface area contributed by atoms with E-state index in [1.807, 2.05) is 26.8 Å². The minimum absolute atomic E-state index is 0.229. The predicted molar refractivity (Wildman–Crippen MR) is 123 cm³/mol. The number of hydrogen-bond donors (Lipinski definition) is 2. The van der Waals surface area contributed by atoms with Gasteiger partial charge in [0, 0.05) is 61.0 Å². The Labute approximate surface area is 187 Å². The van der Waals surface area contributed by atoms with E-state index in [0.717, 1.165) is 30.2 Å². The number of benzene rings is 1. The van der Waals surface area contributed by atoms with Crippen molar-refractivity contribution in [2.24, 2.45) is 10.1 Å². The third-order valence-electron chi connectivity index (χ3n) is 4.85. The number of hydrogen-bond acceptors (Lipinski definition) is 8. The van der Waals surface area contributed by atoms with E-state index in [1.54, 1.807) is 11.9 Å².